The maximum atomic E-state index is 13.4. The average Bonchev–Trinajstić information content (AvgIpc) is 3.44. The molecule has 0 radical (unpaired) electrons. The number of para-hydroxylation sites is 1. The molecule has 6 nitrogen and oxygen atoms in total. The Morgan fingerprint density at radius 2 is 1.80 bits per heavy atom. The van der Waals surface area contributed by atoms with E-state index in [1.54, 1.807) is 12.1 Å². The van der Waals surface area contributed by atoms with Crippen LogP contribution in [-0.4, -0.2) is 22.6 Å². The fourth-order valence-corrected chi connectivity index (χ4v) is 4.80. The number of amides is 1. The Labute approximate surface area is 202 Å². The first-order chi connectivity index (χ1) is 16.8. The van der Waals surface area contributed by atoms with E-state index < -0.39 is 24.1 Å². The molecule has 1 aliphatic heterocycles. The fourth-order valence-electron chi connectivity index (χ4n) is 3.96. The smallest absolute Gasteiger partial charge is 0.405 e. The van der Waals surface area contributed by atoms with Gasteiger partial charge in [0.1, 0.15) is 11.8 Å². The van der Waals surface area contributed by atoms with Crippen molar-refractivity contribution in [2.45, 2.75) is 18.9 Å². The Morgan fingerprint density at radius 1 is 1.03 bits per heavy atom. The van der Waals surface area contributed by atoms with E-state index in [2.05, 4.69) is 15.4 Å². The van der Waals surface area contributed by atoms with E-state index in [0.29, 0.717) is 17.8 Å². The summed E-state index contributed by atoms with van der Waals surface area (Å²) in [5.41, 5.74) is 2.44. The number of benzene rings is 2. The minimum Gasteiger partial charge on any atom is -0.405 e. The molecule has 0 aliphatic carbocycles. The molecule has 178 valence electrons. The quantitative estimate of drug-likeness (QED) is 0.327. The van der Waals surface area contributed by atoms with Crippen LogP contribution in [0.15, 0.2) is 78.3 Å². The maximum Gasteiger partial charge on any atom is 0.573 e. The number of nitrogens with zero attached hydrogens (tertiary/aromatic N) is 1. The molecular formula is C25H18F3N3O3S. The molecule has 0 saturated carbocycles. The number of ketones is 1. The summed E-state index contributed by atoms with van der Waals surface area (Å²) in [6.45, 7) is 0.669. The topological polar surface area (TPSA) is 72.4 Å². The third-order valence-corrected chi connectivity index (χ3v) is 6.46. The number of Topliss-reactive ketones (excluding diaryl/α,β-unsaturated/α-hetero) is 1. The zero-order valence-corrected chi connectivity index (χ0v) is 18.8. The molecule has 2 N–H and O–H groups in total. The van der Waals surface area contributed by atoms with Gasteiger partial charge < -0.3 is 19.9 Å². The molecule has 4 aromatic rings. The molecule has 2 aromatic carbocycles. The van der Waals surface area contributed by atoms with Crippen LogP contribution in [0.3, 0.4) is 0 Å². The van der Waals surface area contributed by atoms with Gasteiger partial charge in [0.15, 0.2) is 5.78 Å². The second-order valence-electron chi connectivity index (χ2n) is 7.85. The molecule has 0 spiro atoms. The molecule has 10 heteroatoms. The molecule has 35 heavy (non-hydrogen) atoms. The molecule has 0 bridgehead atoms. The van der Waals surface area contributed by atoms with Gasteiger partial charge in [-0.2, -0.15) is 0 Å². The lowest BCUT2D eigenvalue weighted by Gasteiger charge is -2.17. The lowest BCUT2D eigenvalue weighted by Crippen LogP contribution is -2.22. The summed E-state index contributed by atoms with van der Waals surface area (Å²) in [7, 11) is 0. The van der Waals surface area contributed by atoms with E-state index >= 15 is 0 Å². The van der Waals surface area contributed by atoms with Gasteiger partial charge in [-0.25, -0.2) is 0 Å². The molecule has 1 unspecified atom stereocenters. The SMILES string of the molecule is O=C(Nc1ccc(C(=O)C2Nc3sccc3Cn3cccc32)cc1)c1ccccc1OC(F)(F)F. The first-order valence-corrected chi connectivity index (χ1v) is 11.4. The van der Waals surface area contributed by atoms with E-state index in [4.69, 9.17) is 0 Å². The van der Waals surface area contributed by atoms with Crippen LogP contribution in [-0.2, 0) is 6.54 Å². The molecule has 2 aromatic heterocycles. The van der Waals surface area contributed by atoms with Crippen molar-refractivity contribution < 1.29 is 27.5 Å². The van der Waals surface area contributed by atoms with Crippen molar-refractivity contribution in [2.75, 3.05) is 10.6 Å². The summed E-state index contributed by atoms with van der Waals surface area (Å²) in [6.07, 6.45) is -2.99. The second kappa shape index (κ2) is 8.95. The Morgan fingerprint density at radius 3 is 2.57 bits per heavy atom. The minimum atomic E-state index is -4.92. The molecule has 5 rings (SSSR count). The number of nitrogens with one attached hydrogen (secondary N) is 2. The Balaban J connectivity index is 1.34. The number of alkyl halides is 3. The first kappa shape index (κ1) is 22.7. The van der Waals surface area contributed by atoms with Gasteiger partial charge in [-0.1, -0.05) is 12.1 Å². The van der Waals surface area contributed by atoms with Crippen LogP contribution in [0.4, 0.5) is 23.9 Å². The Hall–Kier alpha value is -4.05. The van der Waals surface area contributed by atoms with Crippen LogP contribution in [0.2, 0.25) is 0 Å². The highest BCUT2D eigenvalue weighted by Gasteiger charge is 2.33. The third-order valence-electron chi connectivity index (χ3n) is 5.57. The molecule has 1 amide bonds. The average molecular weight is 497 g/mol. The second-order valence-corrected chi connectivity index (χ2v) is 8.77. The highest BCUT2D eigenvalue weighted by molar-refractivity contribution is 7.14. The van der Waals surface area contributed by atoms with Gasteiger partial charge >= 0.3 is 6.36 Å². The number of carbonyl (C=O) groups is 2. The molecular weight excluding hydrogens is 479 g/mol. The highest BCUT2D eigenvalue weighted by Crippen LogP contribution is 2.34. The number of hydrogen-bond acceptors (Lipinski definition) is 5. The lowest BCUT2D eigenvalue weighted by atomic mass is 10.0. The molecule has 1 atom stereocenters. The molecule has 3 heterocycles. The van der Waals surface area contributed by atoms with Crippen LogP contribution in [0.25, 0.3) is 0 Å². The Bertz CT molecular complexity index is 1390. The maximum absolute atomic E-state index is 13.4. The summed E-state index contributed by atoms with van der Waals surface area (Å²) in [5, 5.41) is 8.81. The van der Waals surface area contributed by atoms with Crippen molar-refractivity contribution >= 4 is 33.7 Å². The van der Waals surface area contributed by atoms with Crippen molar-refractivity contribution in [3.63, 3.8) is 0 Å². The number of halogens is 3. The number of fused-ring (bicyclic) bond motifs is 2. The molecule has 1 aliphatic rings. The van der Waals surface area contributed by atoms with Gasteiger partial charge in [-0.3, -0.25) is 9.59 Å². The van der Waals surface area contributed by atoms with Crippen LogP contribution in [0, 0.1) is 0 Å². The zero-order chi connectivity index (χ0) is 24.6. The van der Waals surface area contributed by atoms with Crippen molar-refractivity contribution in [2.24, 2.45) is 0 Å². The number of hydrogen-bond donors (Lipinski definition) is 2. The van der Waals surface area contributed by atoms with Crippen molar-refractivity contribution in [1.29, 1.82) is 0 Å². The van der Waals surface area contributed by atoms with Crippen molar-refractivity contribution in [3.05, 3.63) is 101 Å². The van der Waals surface area contributed by atoms with Gasteiger partial charge in [0.05, 0.1) is 17.1 Å². The van der Waals surface area contributed by atoms with E-state index in [1.165, 1.54) is 41.7 Å². The number of thiophene rings is 1. The normalized spacial score (nSPS) is 14.8. The van der Waals surface area contributed by atoms with Gasteiger partial charge in [0, 0.05) is 28.7 Å². The van der Waals surface area contributed by atoms with Crippen LogP contribution >= 0.6 is 11.3 Å². The number of carbonyl (C=O) groups excluding carboxylic acids is 2. The van der Waals surface area contributed by atoms with E-state index in [0.717, 1.165) is 22.3 Å². The fraction of sp³-hybridized carbons (Fsp3) is 0.120. The standard InChI is InChI=1S/C25H18F3N3O3S/c26-25(27,28)34-20-6-2-1-4-18(20)23(33)29-17-9-7-15(8-10-17)22(32)21-19-5-3-12-31(19)14-16-11-13-35-24(16)30-21/h1-13,21,30H,14H2,(H,29,33). The van der Waals surface area contributed by atoms with Gasteiger partial charge in [0.25, 0.3) is 5.91 Å². The van der Waals surface area contributed by atoms with Crippen LogP contribution in [0.1, 0.15) is 38.0 Å². The Kier molecular flexibility index (Phi) is 5.81. The molecule has 0 fully saturated rings. The van der Waals surface area contributed by atoms with Crippen molar-refractivity contribution in [3.8, 4) is 5.75 Å². The van der Waals surface area contributed by atoms with Crippen LogP contribution in [0.5, 0.6) is 5.75 Å². The lowest BCUT2D eigenvalue weighted by molar-refractivity contribution is -0.274. The summed E-state index contributed by atoms with van der Waals surface area (Å²) in [5.74, 6) is -1.51. The third kappa shape index (κ3) is 4.78. The number of rotatable bonds is 5. The summed E-state index contributed by atoms with van der Waals surface area (Å²) in [6, 6.07) is 16.5. The zero-order valence-electron chi connectivity index (χ0n) is 18.0. The predicted octanol–water partition coefficient (Wildman–Crippen LogP) is 6.10. The molecule has 0 saturated heterocycles. The summed E-state index contributed by atoms with van der Waals surface area (Å²) >= 11 is 1.54. The summed E-state index contributed by atoms with van der Waals surface area (Å²) < 4.78 is 43.9. The van der Waals surface area contributed by atoms with E-state index in [-0.39, 0.29) is 11.3 Å². The number of aromatic nitrogens is 1. The van der Waals surface area contributed by atoms with E-state index in [9.17, 15) is 22.8 Å². The summed E-state index contributed by atoms with van der Waals surface area (Å²) in [4.78, 5) is 26.0. The number of ether oxygens (including phenoxy) is 1. The van der Waals surface area contributed by atoms with Crippen molar-refractivity contribution in [1.82, 2.24) is 4.57 Å². The predicted molar refractivity (Wildman–Crippen MR) is 126 cm³/mol. The first-order valence-electron chi connectivity index (χ1n) is 10.6. The minimum absolute atomic E-state index is 0.145. The monoisotopic (exact) mass is 497 g/mol. The van der Waals surface area contributed by atoms with Gasteiger partial charge in [-0.15, -0.1) is 24.5 Å². The number of anilines is 2. The largest absolute Gasteiger partial charge is 0.573 e. The highest BCUT2D eigenvalue weighted by atomic mass is 32.1. The van der Waals surface area contributed by atoms with Gasteiger partial charge in [-0.05, 0) is 60.0 Å². The van der Waals surface area contributed by atoms with Gasteiger partial charge in [0.2, 0.25) is 0 Å². The van der Waals surface area contributed by atoms with E-state index in [1.807, 2.05) is 34.3 Å². The van der Waals surface area contributed by atoms with Crippen LogP contribution < -0.4 is 15.4 Å².